The van der Waals surface area contributed by atoms with Gasteiger partial charge in [-0.25, -0.2) is 0 Å². The molecule has 0 unspecified atom stereocenters. The largest absolute Gasteiger partial charge is 0.484 e. The molecule has 6 nitrogen and oxygen atoms in total. The molecule has 1 aromatic carbocycles. The molecule has 0 saturated heterocycles. The molecule has 6 heteroatoms. The average Bonchev–Trinajstić information content (AvgIpc) is 3.07. The molecule has 126 valence electrons. The summed E-state index contributed by atoms with van der Waals surface area (Å²) in [5, 5.41) is 16.7. The standard InChI is InChI=1S/C18H21N3O3/c1-13-3-2-4-16(9-13)23-12-18-21-20-17(24-18)11-22-15-7-5-14(10-19)6-8-15/h5-8,13,16H,2-4,9,11-12H2,1H3/t13-,16-/m0/s1. The lowest BCUT2D eigenvalue weighted by atomic mass is 9.89. The van der Waals surface area contributed by atoms with Crippen molar-refractivity contribution in [3.63, 3.8) is 0 Å². The third kappa shape index (κ3) is 4.56. The number of hydrogen-bond donors (Lipinski definition) is 0. The van der Waals surface area contributed by atoms with Crippen LogP contribution in [0.1, 0.15) is 50.0 Å². The molecular formula is C18H21N3O3. The molecule has 2 atom stereocenters. The van der Waals surface area contributed by atoms with Crippen LogP contribution in [0.5, 0.6) is 5.75 Å². The van der Waals surface area contributed by atoms with Gasteiger partial charge in [-0.1, -0.05) is 19.8 Å². The van der Waals surface area contributed by atoms with Gasteiger partial charge < -0.3 is 13.9 Å². The Kier molecular flexibility index (Phi) is 5.44. The summed E-state index contributed by atoms with van der Waals surface area (Å²) < 4.78 is 17.0. The van der Waals surface area contributed by atoms with Crippen LogP contribution < -0.4 is 4.74 Å². The third-order valence-electron chi connectivity index (χ3n) is 4.19. The Morgan fingerprint density at radius 1 is 1.17 bits per heavy atom. The molecule has 24 heavy (non-hydrogen) atoms. The van der Waals surface area contributed by atoms with Crippen molar-refractivity contribution in [3.8, 4) is 11.8 Å². The molecule has 1 saturated carbocycles. The van der Waals surface area contributed by atoms with Crippen molar-refractivity contribution < 1.29 is 13.9 Å². The molecule has 2 aromatic rings. The average molecular weight is 327 g/mol. The molecule has 1 heterocycles. The summed E-state index contributed by atoms with van der Waals surface area (Å²) in [5.74, 6) is 2.27. The van der Waals surface area contributed by atoms with Gasteiger partial charge in [-0.05, 0) is 43.0 Å². The summed E-state index contributed by atoms with van der Waals surface area (Å²) in [6.45, 7) is 2.81. The monoisotopic (exact) mass is 327 g/mol. The number of aromatic nitrogens is 2. The second kappa shape index (κ2) is 7.93. The van der Waals surface area contributed by atoms with E-state index in [1.165, 1.54) is 12.8 Å². The molecule has 0 amide bonds. The van der Waals surface area contributed by atoms with Crippen molar-refractivity contribution in [1.29, 1.82) is 5.26 Å². The first-order chi connectivity index (χ1) is 11.7. The molecule has 3 rings (SSSR count). The van der Waals surface area contributed by atoms with Gasteiger partial charge in [0.05, 0.1) is 17.7 Å². The van der Waals surface area contributed by atoms with E-state index in [0.717, 1.165) is 18.8 Å². The van der Waals surface area contributed by atoms with Crippen LogP contribution in [0.25, 0.3) is 0 Å². The fourth-order valence-corrected chi connectivity index (χ4v) is 2.89. The van der Waals surface area contributed by atoms with E-state index in [0.29, 0.717) is 35.8 Å². The van der Waals surface area contributed by atoms with Crippen LogP contribution in [0.4, 0.5) is 0 Å². The third-order valence-corrected chi connectivity index (χ3v) is 4.19. The highest BCUT2D eigenvalue weighted by molar-refractivity contribution is 5.34. The molecule has 0 spiro atoms. The van der Waals surface area contributed by atoms with E-state index in [1.54, 1.807) is 24.3 Å². The van der Waals surface area contributed by atoms with E-state index in [4.69, 9.17) is 19.2 Å². The van der Waals surface area contributed by atoms with Crippen LogP contribution in [0.2, 0.25) is 0 Å². The molecule has 0 N–H and O–H groups in total. The molecule has 1 fully saturated rings. The SMILES string of the molecule is C[C@H]1CCC[C@H](OCc2nnc(COc3ccc(C#N)cc3)o2)C1. The maximum absolute atomic E-state index is 8.76. The number of rotatable bonds is 6. The number of nitriles is 1. The second-order valence-electron chi connectivity index (χ2n) is 6.22. The van der Waals surface area contributed by atoms with Crippen LogP contribution in [-0.2, 0) is 18.0 Å². The highest BCUT2D eigenvalue weighted by Gasteiger charge is 2.20. The van der Waals surface area contributed by atoms with E-state index in [1.807, 2.05) is 0 Å². The Balaban J connectivity index is 1.45. The second-order valence-corrected chi connectivity index (χ2v) is 6.22. The normalized spacial score (nSPS) is 20.5. The molecule has 1 aromatic heterocycles. The fourth-order valence-electron chi connectivity index (χ4n) is 2.89. The minimum atomic E-state index is 0.194. The van der Waals surface area contributed by atoms with Crippen LogP contribution in [-0.4, -0.2) is 16.3 Å². The quantitative estimate of drug-likeness (QED) is 0.806. The number of nitrogens with zero attached hydrogens (tertiary/aromatic N) is 3. The first-order valence-corrected chi connectivity index (χ1v) is 8.29. The van der Waals surface area contributed by atoms with E-state index in [-0.39, 0.29) is 6.61 Å². The molecule has 0 aliphatic heterocycles. The topological polar surface area (TPSA) is 81.2 Å². The van der Waals surface area contributed by atoms with Gasteiger partial charge in [-0.2, -0.15) is 5.26 Å². The Hall–Kier alpha value is -2.39. The summed E-state index contributed by atoms with van der Waals surface area (Å²) >= 11 is 0. The van der Waals surface area contributed by atoms with Crippen molar-refractivity contribution in [2.75, 3.05) is 0 Å². The molecule has 1 aliphatic rings. The first-order valence-electron chi connectivity index (χ1n) is 8.29. The molecule has 0 bridgehead atoms. The van der Waals surface area contributed by atoms with Crippen LogP contribution >= 0.6 is 0 Å². The van der Waals surface area contributed by atoms with E-state index >= 15 is 0 Å². The lowest BCUT2D eigenvalue weighted by Crippen LogP contribution is -2.21. The lowest BCUT2D eigenvalue weighted by molar-refractivity contribution is -0.00519. The van der Waals surface area contributed by atoms with Gasteiger partial charge in [0.15, 0.2) is 6.61 Å². The zero-order chi connectivity index (χ0) is 16.8. The minimum Gasteiger partial charge on any atom is -0.484 e. The van der Waals surface area contributed by atoms with Crippen molar-refractivity contribution in [2.45, 2.75) is 51.9 Å². The van der Waals surface area contributed by atoms with Gasteiger partial charge in [0, 0.05) is 0 Å². The zero-order valence-electron chi connectivity index (χ0n) is 13.8. The van der Waals surface area contributed by atoms with Gasteiger partial charge >= 0.3 is 0 Å². The predicted octanol–water partition coefficient (Wildman–Crippen LogP) is 3.62. The van der Waals surface area contributed by atoms with E-state index in [2.05, 4.69) is 23.2 Å². The number of hydrogen-bond acceptors (Lipinski definition) is 6. The van der Waals surface area contributed by atoms with Crippen molar-refractivity contribution in [1.82, 2.24) is 10.2 Å². The maximum atomic E-state index is 8.76. The summed E-state index contributed by atoms with van der Waals surface area (Å²) in [6, 6.07) is 8.95. The predicted molar refractivity (Wildman–Crippen MR) is 86.0 cm³/mol. The van der Waals surface area contributed by atoms with Crippen molar-refractivity contribution in [3.05, 3.63) is 41.6 Å². The van der Waals surface area contributed by atoms with E-state index < -0.39 is 0 Å². The van der Waals surface area contributed by atoms with E-state index in [9.17, 15) is 0 Å². The highest BCUT2D eigenvalue weighted by atomic mass is 16.5. The summed E-state index contributed by atoms with van der Waals surface area (Å²) in [6.07, 6.45) is 5.01. The van der Waals surface area contributed by atoms with Crippen molar-refractivity contribution in [2.24, 2.45) is 5.92 Å². The van der Waals surface area contributed by atoms with Gasteiger partial charge in [0.1, 0.15) is 12.4 Å². The molecule has 0 radical (unpaired) electrons. The first kappa shape index (κ1) is 16.5. The summed E-state index contributed by atoms with van der Waals surface area (Å²) in [4.78, 5) is 0. The molecule has 1 aliphatic carbocycles. The Morgan fingerprint density at radius 3 is 2.62 bits per heavy atom. The number of benzene rings is 1. The Morgan fingerprint density at radius 2 is 1.92 bits per heavy atom. The van der Waals surface area contributed by atoms with Gasteiger partial charge in [0.2, 0.25) is 5.89 Å². The van der Waals surface area contributed by atoms with Gasteiger partial charge in [0.25, 0.3) is 5.89 Å². The van der Waals surface area contributed by atoms with Crippen LogP contribution in [0.3, 0.4) is 0 Å². The van der Waals surface area contributed by atoms with Crippen LogP contribution in [0, 0.1) is 17.2 Å². The zero-order valence-corrected chi connectivity index (χ0v) is 13.8. The summed E-state index contributed by atoms with van der Waals surface area (Å²) in [7, 11) is 0. The minimum absolute atomic E-state index is 0.194. The number of ether oxygens (including phenoxy) is 2. The Labute approximate surface area is 141 Å². The Bertz CT molecular complexity index is 690. The molecular weight excluding hydrogens is 306 g/mol. The lowest BCUT2D eigenvalue weighted by Gasteiger charge is -2.26. The highest BCUT2D eigenvalue weighted by Crippen LogP contribution is 2.26. The van der Waals surface area contributed by atoms with Gasteiger partial charge in [-0.15, -0.1) is 10.2 Å². The fraction of sp³-hybridized carbons (Fsp3) is 0.500. The van der Waals surface area contributed by atoms with Crippen molar-refractivity contribution >= 4 is 0 Å². The summed E-state index contributed by atoms with van der Waals surface area (Å²) in [5.41, 5.74) is 0.594. The van der Waals surface area contributed by atoms with Gasteiger partial charge in [-0.3, -0.25) is 0 Å². The maximum Gasteiger partial charge on any atom is 0.253 e. The smallest absolute Gasteiger partial charge is 0.253 e. The van der Waals surface area contributed by atoms with Crippen LogP contribution in [0.15, 0.2) is 28.7 Å².